The van der Waals surface area contributed by atoms with Gasteiger partial charge in [-0.3, -0.25) is 19.3 Å². The number of aliphatic hydroxyl groups excluding tert-OH is 1. The number of amides is 3. The highest BCUT2D eigenvalue weighted by Gasteiger charge is 2.45. The number of nitrogens with one attached hydrogen (secondary N) is 3. The molecule has 3 amide bonds. The molecule has 0 spiro atoms. The van der Waals surface area contributed by atoms with E-state index in [1.165, 1.54) is 30.9 Å². The summed E-state index contributed by atoms with van der Waals surface area (Å²) in [6, 6.07) is 21.8. The largest absolute Gasteiger partial charge is 0.491 e. The minimum atomic E-state index is -1.62. The standard InChI is InChI=1S/C55H63F3N6O7S/c1-32-22-41-40-10-8-9-11-44(40)61-48(41)49(64(32)30-55(6,7)58)47-42(56)24-39(25-43(47)57)71-28-35-14-18-38(19-15-35)70-21-20-69-29-46(66)62-51(54(3,4)5)53(68)63-27-37(65)23-45(63)52(67)59-26-34-12-16-36(17-13-34)50-33(2)60-31-72-50/h8-19,24-25,31-32,37,45,49,51,61,65H,20-23,26-30H2,1-7H3,(H,59,67)(H,62,66)/t32-,37-,45+,49-,51?/m1/s1. The number of nitrogens with zero attached hydrogens (tertiary/aromatic N) is 3. The maximum Gasteiger partial charge on any atom is 0.246 e. The van der Waals surface area contributed by atoms with Crippen LogP contribution in [0.5, 0.6) is 11.5 Å². The van der Waals surface area contributed by atoms with E-state index in [4.69, 9.17) is 14.2 Å². The van der Waals surface area contributed by atoms with Crippen molar-refractivity contribution in [2.75, 3.05) is 32.9 Å². The van der Waals surface area contributed by atoms with E-state index < -0.39 is 64.7 Å². The molecule has 6 aromatic rings. The van der Waals surface area contributed by atoms with Gasteiger partial charge in [0.05, 0.1) is 34.8 Å². The maximum atomic E-state index is 16.2. The molecule has 1 saturated heterocycles. The number of aliphatic hydroxyl groups is 1. The predicted octanol–water partition coefficient (Wildman–Crippen LogP) is 8.75. The Hall–Kier alpha value is -6.27. The van der Waals surface area contributed by atoms with Crippen LogP contribution in [0.25, 0.3) is 21.3 Å². The summed E-state index contributed by atoms with van der Waals surface area (Å²) in [6.07, 6.45) is -0.234. The molecule has 0 bridgehead atoms. The van der Waals surface area contributed by atoms with Gasteiger partial charge in [-0.05, 0) is 80.0 Å². The van der Waals surface area contributed by atoms with Crippen LogP contribution in [0.15, 0.2) is 90.4 Å². The Kier molecular flexibility index (Phi) is 15.8. The number of hydrogen-bond acceptors (Lipinski definition) is 10. The summed E-state index contributed by atoms with van der Waals surface area (Å²) in [6.45, 7) is 12.2. The van der Waals surface area contributed by atoms with E-state index in [9.17, 15) is 19.5 Å². The summed E-state index contributed by atoms with van der Waals surface area (Å²) in [5, 5.41) is 17.3. The second-order valence-electron chi connectivity index (χ2n) is 20.5. The molecule has 72 heavy (non-hydrogen) atoms. The molecule has 2 aliphatic heterocycles. The molecule has 17 heteroatoms. The van der Waals surface area contributed by atoms with E-state index in [0.29, 0.717) is 23.4 Å². The van der Waals surface area contributed by atoms with Gasteiger partial charge in [0.1, 0.15) is 60.7 Å². The molecular weight excluding hydrogens is 946 g/mol. The van der Waals surface area contributed by atoms with E-state index in [1.54, 1.807) is 61.9 Å². The SMILES string of the molecule is Cc1ncsc1-c1ccc(CNC(=O)[C@@H]2C[C@@H](O)CN2C(=O)C(NC(=O)COCCOc2ccc(COc3cc(F)c([C@@H]4c5[nH]c6ccccc6c5C[C@@H](C)N4CC(C)(C)F)c(F)c3)cc2)C(C)(C)C)cc1. The van der Waals surface area contributed by atoms with Gasteiger partial charge in [0.15, 0.2) is 0 Å². The van der Waals surface area contributed by atoms with E-state index in [1.807, 2.05) is 67.3 Å². The number of ether oxygens (including phenoxy) is 3. The van der Waals surface area contributed by atoms with Crippen molar-refractivity contribution in [2.45, 2.75) is 110 Å². The Morgan fingerprint density at radius 3 is 2.29 bits per heavy atom. The fraction of sp³-hybridized carbons (Fsp3) is 0.418. The third-order valence-electron chi connectivity index (χ3n) is 13.2. The van der Waals surface area contributed by atoms with Gasteiger partial charge in [-0.15, -0.1) is 11.3 Å². The number of carbonyl (C=O) groups is 3. The quantitative estimate of drug-likeness (QED) is 0.0618. The van der Waals surface area contributed by atoms with Gasteiger partial charge >= 0.3 is 0 Å². The van der Waals surface area contributed by atoms with Crippen LogP contribution < -0.4 is 20.1 Å². The number of aromatic amines is 1. The second kappa shape index (κ2) is 21.8. The molecule has 382 valence electrons. The van der Waals surface area contributed by atoms with Crippen LogP contribution in [-0.2, 0) is 38.7 Å². The highest BCUT2D eigenvalue weighted by atomic mass is 32.1. The van der Waals surface area contributed by atoms with Gasteiger partial charge < -0.3 is 39.8 Å². The molecule has 4 heterocycles. The number of thiazole rings is 1. The molecule has 0 radical (unpaired) electrons. The first kappa shape index (κ1) is 52.1. The molecule has 5 atom stereocenters. The second-order valence-corrected chi connectivity index (χ2v) is 21.3. The van der Waals surface area contributed by atoms with Crippen LogP contribution in [0, 0.1) is 24.0 Å². The number of aryl methyl sites for hydroxylation is 1. The van der Waals surface area contributed by atoms with Crippen molar-refractivity contribution in [3.8, 4) is 21.9 Å². The van der Waals surface area contributed by atoms with E-state index in [2.05, 4.69) is 20.6 Å². The number of likely N-dealkylation sites (tertiary alicyclic amines) is 1. The Morgan fingerprint density at radius 2 is 1.62 bits per heavy atom. The minimum Gasteiger partial charge on any atom is -0.491 e. The number of rotatable bonds is 18. The molecule has 4 aromatic carbocycles. The third kappa shape index (κ3) is 12.1. The lowest BCUT2D eigenvalue weighted by atomic mass is 9.85. The van der Waals surface area contributed by atoms with Crippen molar-refractivity contribution < 1.29 is 46.9 Å². The fourth-order valence-electron chi connectivity index (χ4n) is 9.62. The number of benzene rings is 4. The summed E-state index contributed by atoms with van der Waals surface area (Å²) in [5.41, 5.74) is 5.31. The van der Waals surface area contributed by atoms with Gasteiger partial charge in [-0.25, -0.2) is 18.2 Å². The average Bonchev–Trinajstić information content (AvgIpc) is 4.05. The highest BCUT2D eigenvalue weighted by Crippen LogP contribution is 2.44. The lowest BCUT2D eigenvalue weighted by Crippen LogP contribution is -2.58. The molecule has 0 saturated carbocycles. The predicted molar refractivity (Wildman–Crippen MR) is 270 cm³/mol. The molecule has 0 aliphatic carbocycles. The third-order valence-corrected chi connectivity index (χ3v) is 14.1. The Bertz CT molecular complexity index is 2850. The van der Waals surface area contributed by atoms with Crippen LogP contribution in [0.3, 0.4) is 0 Å². The number of alkyl halides is 1. The first-order valence-electron chi connectivity index (χ1n) is 24.2. The number of carbonyl (C=O) groups excluding carboxylic acids is 3. The topological polar surface area (TPSA) is 158 Å². The number of aromatic nitrogens is 2. The first-order valence-corrected chi connectivity index (χ1v) is 25.1. The summed E-state index contributed by atoms with van der Waals surface area (Å²) < 4.78 is 64.8. The summed E-state index contributed by atoms with van der Waals surface area (Å²) in [7, 11) is 0. The van der Waals surface area contributed by atoms with Crippen molar-refractivity contribution >= 4 is 40.0 Å². The van der Waals surface area contributed by atoms with Crippen molar-refractivity contribution in [2.24, 2.45) is 5.41 Å². The first-order chi connectivity index (χ1) is 34.2. The molecule has 1 unspecified atom stereocenters. The minimum absolute atomic E-state index is 0.00472. The maximum absolute atomic E-state index is 16.2. The van der Waals surface area contributed by atoms with Gasteiger partial charge in [-0.2, -0.15) is 0 Å². The highest BCUT2D eigenvalue weighted by molar-refractivity contribution is 7.13. The normalized spacial score (nSPS) is 18.7. The fourth-order valence-corrected chi connectivity index (χ4v) is 10.4. The zero-order valence-electron chi connectivity index (χ0n) is 41.7. The number of hydrogen-bond donors (Lipinski definition) is 4. The van der Waals surface area contributed by atoms with Crippen molar-refractivity contribution in [3.05, 3.63) is 136 Å². The smallest absolute Gasteiger partial charge is 0.246 e. The Labute approximate surface area is 422 Å². The Balaban J connectivity index is 0.799. The zero-order valence-corrected chi connectivity index (χ0v) is 42.5. The Morgan fingerprint density at radius 1 is 0.931 bits per heavy atom. The van der Waals surface area contributed by atoms with Gasteiger partial charge in [0.25, 0.3) is 0 Å². The number of fused-ring (bicyclic) bond motifs is 3. The average molecular weight is 1010 g/mol. The number of H-pyrrole nitrogens is 1. The molecule has 4 N–H and O–H groups in total. The molecule has 1 fully saturated rings. The number of halogens is 3. The van der Waals surface area contributed by atoms with Gasteiger partial charge in [0, 0.05) is 66.4 Å². The monoisotopic (exact) mass is 1010 g/mol. The molecule has 8 rings (SSSR count). The molecule has 2 aliphatic rings. The van der Waals surface area contributed by atoms with Crippen LogP contribution in [0.1, 0.15) is 87.6 Å². The summed E-state index contributed by atoms with van der Waals surface area (Å²) in [4.78, 5) is 52.6. The number of β-amino-alcohol motifs (C(OH)–C–C–N with tert-alkyl or cyclic N) is 1. The van der Waals surface area contributed by atoms with Crippen LogP contribution in [-0.4, -0.2) is 105 Å². The van der Waals surface area contributed by atoms with Crippen molar-refractivity contribution in [1.29, 1.82) is 0 Å². The molecule has 2 aromatic heterocycles. The lowest BCUT2D eigenvalue weighted by molar-refractivity contribution is -0.144. The van der Waals surface area contributed by atoms with E-state index >= 15 is 13.2 Å². The summed E-state index contributed by atoms with van der Waals surface area (Å²) >= 11 is 1.56. The van der Waals surface area contributed by atoms with Gasteiger partial charge in [0.2, 0.25) is 17.7 Å². The van der Waals surface area contributed by atoms with Crippen LogP contribution in [0.2, 0.25) is 0 Å². The summed E-state index contributed by atoms with van der Waals surface area (Å²) in [5.74, 6) is -2.48. The van der Waals surface area contributed by atoms with Gasteiger partial charge in [-0.1, -0.05) is 75.4 Å². The van der Waals surface area contributed by atoms with Crippen molar-refractivity contribution in [1.82, 2.24) is 30.4 Å². The molecular formula is C55H63F3N6O7S. The van der Waals surface area contributed by atoms with Crippen molar-refractivity contribution in [3.63, 3.8) is 0 Å². The van der Waals surface area contributed by atoms with Crippen LogP contribution >= 0.6 is 11.3 Å². The zero-order chi connectivity index (χ0) is 51.5. The van der Waals surface area contributed by atoms with E-state index in [-0.39, 0.29) is 69.8 Å². The number of para-hydroxylation sites is 1. The van der Waals surface area contributed by atoms with E-state index in [0.717, 1.165) is 38.2 Å². The lowest BCUT2D eigenvalue weighted by Gasteiger charge is -2.43. The van der Waals surface area contributed by atoms with Crippen LogP contribution in [0.4, 0.5) is 13.2 Å². The molecule has 13 nitrogen and oxygen atoms in total.